The summed E-state index contributed by atoms with van der Waals surface area (Å²) < 4.78 is 5.56. The Bertz CT molecular complexity index is 270. The largest absolute Gasteiger partial charge is 0.481 e. The van der Waals surface area contributed by atoms with Gasteiger partial charge in [-0.05, 0) is 38.5 Å². The lowest BCUT2D eigenvalue weighted by molar-refractivity contribution is -0.143. The summed E-state index contributed by atoms with van der Waals surface area (Å²) in [5.41, 5.74) is 0.0379. The molecule has 2 fully saturated rings. The quantitative estimate of drug-likeness (QED) is 0.770. The number of hydrogen-bond donors (Lipinski definition) is 2. The minimum absolute atomic E-state index is 0.0379. The second kappa shape index (κ2) is 5.36. The van der Waals surface area contributed by atoms with E-state index < -0.39 is 5.97 Å². The van der Waals surface area contributed by atoms with Gasteiger partial charge in [0.2, 0.25) is 0 Å². The van der Waals surface area contributed by atoms with Gasteiger partial charge in [0.25, 0.3) is 0 Å². The first-order chi connectivity index (χ1) is 8.15. The van der Waals surface area contributed by atoms with Gasteiger partial charge in [0.05, 0.1) is 11.5 Å². The minimum atomic E-state index is -0.637. The summed E-state index contributed by atoms with van der Waals surface area (Å²) in [6, 6.07) is 0.359. The third kappa shape index (κ3) is 2.99. The maximum Gasteiger partial charge on any atom is 0.306 e. The van der Waals surface area contributed by atoms with E-state index in [1.165, 1.54) is 6.42 Å². The molecule has 0 aromatic heterocycles. The van der Waals surface area contributed by atoms with Crippen LogP contribution in [0.25, 0.3) is 0 Å². The molecule has 0 aliphatic heterocycles. The van der Waals surface area contributed by atoms with Crippen LogP contribution in [0, 0.1) is 5.92 Å². The molecule has 0 heterocycles. The van der Waals surface area contributed by atoms with E-state index in [1.54, 1.807) is 7.11 Å². The van der Waals surface area contributed by atoms with Gasteiger partial charge in [-0.3, -0.25) is 4.79 Å². The van der Waals surface area contributed by atoms with Crippen molar-refractivity contribution in [1.29, 1.82) is 0 Å². The average molecular weight is 241 g/mol. The Balaban J connectivity index is 1.77. The van der Waals surface area contributed by atoms with E-state index in [0.717, 1.165) is 45.1 Å². The SMILES string of the molecule is COC1(CNC2CCCC(C(=O)O)C2)CCC1. The van der Waals surface area contributed by atoms with Gasteiger partial charge in [0.15, 0.2) is 0 Å². The number of aliphatic carboxylic acids is 1. The fourth-order valence-electron chi connectivity index (χ4n) is 2.95. The lowest BCUT2D eigenvalue weighted by atomic mass is 9.79. The van der Waals surface area contributed by atoms with Crippen LogP contribution >= 0.6 is 0 Å². The fourth-order valence-corrected chi connectivity index (χ4v) is 2.95. The topological polar surface area (TPSA) is 58.6 Å². The second-order valence-corrected chi connectivity index (χ2v) is 5.52. The first-order valence-corrected chi connectivity index (χ1v) is 6.66. The summed E-state index contributed by atoms with van der Waals surface area (Å²) in [4.78, 5) is 11.0. The number of carboxylic acid groups (broad SMARTS) is 1. The monoisotopic (exact) mass is 241 g/mol. The number of nitrogens with one attached hydrogen (secondary N) is 1. The zero-order valence-electron chi connectivity index (χ0n) is 10.6. The standard InChI is InChI=1S/C13H23NO3/c1-17-13(6-3-7-13)9-14-11-5-2-4-10(8-11)12(15)16/h10-11,14H,2-9H2,1H3,(H,15,16). The van der Waals surface area contributed by atoms with Crippen LogP contribution in [0.5, 0.6) is 0 Å². The minimum Gasteiger partial charge on any atom is -0.481 e. The molecule has 98 valence electrons. The van der Waals surface area contributed by atoms with Gasteiger partial charge in [-0.2, -0.15) is 0 Å². The van der Waals surface area contributed by atoms with Crippen LogP contribution in [-0.2, 0) is 9.53 Å². The van der Waals surface area contributed by atoms with Crippen molar-refractivity contribution in [1.82, 2.24) is 5.32 Å². The van der Waals surface area contributed by atoms with Crippen LogP contribution in [-0.4, -0.2) is 36.4 Å². The average Bonchev–Trinajstić information content (AvgIpc) is 2.28. The van der Waals surface area contributed by atoms with Crippen LogP contribution in [0.15, 0.2) is 0 Å². The van der Waals surface area contributed by atoms with E-state index in [1.807, 2.05) is 0 Å². The molecule has 2 saturated carbocycles. The highest BCUT2D eigenvalue weighted by Gasteiger charge is 2.37. The first kappa shape index (κ1) is 12.8. The van der Waals surface area contributed by atoms with Crippen molar-refractivity contribution in [3.63, 3.8) is 0 Å². The number of rotatable bonds is 5. The molecule has 2 aliphatic rings. The van der Waals surface area contributed by atoms with Gasteiger partial charge < -0.3 is 15.2 Å². The van der Waals surface area contributed by atoms with Crippen LogP contribution in [0.4, 0.5) is 0 Å². The Morgan fingerprint density at radius 3 is 2.71 bits per heavy atom. The number of carboxylic acids is 1. The molecule has 4 heteroatoms. The summed E-state index contributed by atoms with van der Waals surface area (Å²) in [6.07, 6.45) is 7.24. The summed E-state index contributed by atoms with van der Waals surface area (Å²) >= 11 is 0. The van der Waals surface area contributed by atoms with Crippen molar-refractivity contribution in [2.24, 2.45) is 5.92 Å². The Labute approximate surface area is 103 Å². The van der Waals surface area contributed by atoms with Crippen molar-refractivity contribution in [3.05, 3.63) is 0 Å². The molecule has 2 rings (SSSR count). The van der Waals surface area contributed by atoms with E-state index in [4.69, 9.17) is 9.84 Å². The zero-order valence-corrected chi connectivity index (χ0v) is 10.6. The summed E-state index contributed by atoms with van der Waals surface area (Å²) in [7, 11) is 1.78. The first-order valence-electron chi connectivity index (χ1n) is 6.66. The van der Waals surface area contributed by atoms with Crippen molar-refractivity contribution in [3.8, 4) is 0 Å². The van der Waals surface area contributed by atoms with Crippen LogP contribution in [0.3, 0.4) is 0 Å². The van der Waals surface area contributed by atoms with Crippen LogP contribution in [0.1, 0.15) is 44.9 Å². The Kier molecular flexibility index (Phi) is 4.05. The Morgan fingerprint density at radius 2 is 2.18 bits per heavy atom. The van der Waals surface area contributed by atoms with E-state index in [0.29, 0.717) is 6.04 Å². The molecule has 0 bridgehead atoms. The molecule has 2 N–H and O–H groups in total. The normalized spacial score (nSPS) is 31.8. The zero-order chi connectivity index (χ0) is 12.3. The van der Waals surface area contributed by atoms with Crippen molar-refractivity contribution >= 4 is 5.97 Å². The van der Waals surface area contributed by atoms with E-state index in [9.17, 15) is 4.79 Å². The molecular weight excluding hydrogens is 218 g/mol. The highest BCUT2D eigenvalue weighted by atomic mass is 16.5. The highest BCUT2D eigenvalue weighted by molar-refractivity contribution is 5.70. The highest BCUT2D eigenvalue weighted by Crippen LogP contribution is 2.35. The molecule has 2 unspecified atom stereocenters. The predicted octanol–water partition coefficient (Wildman–Crippen LogP) is 1.79. The molecule has 0 radical (unpaired) electrons. The number of hydrogen-bond acceptors (Lipinski definition) is 3. The predicted molar refractivity (Wildman–Crippen MR) is 65.0 cm³/mol. The molecule has 0 aromatic rings. The molecule has 4 nitrogen and oxygen atoms in total. The molecule has 17 heavy (non-hydrogen) atoms. The van der Waals surface area contributed by atoms with Crippen LogP contribution < -0.4 is 5.32 Å². The lowest BCUT2D eigenvalue weighted by Crippen LogP contribution is -2.51. The lowest BCUT2D eigenvalue weighted by Gasteiger charge is -2.42. The van der Waals surface area contributed by atoms with Gasteiger partial charge in [-0.1, -0.05) is 6.42 Å². The van der Waals surface area contributed by atoms with Crippen molar-refractivity contribution < 1.29 is 14.6 Å². The Morgan fingerprint density at radius 1 is 1.41 bits per heavy atom. The summed E-state index contributed by atoms with van der Waals surface area (Å²) in [6.45, 7) is 0.876. The molecule has 0 aromatic carbocycles. The summed E-state index contributed by atoms with van der Waals surface area (Å²) in [5, 5.41) is 12.5. The van der Waals surface area contributed by atoms with E-state index in [2.05, 4.69) is 5.32 Å². The van der Waals surface area contributed by atoms with Crippen molar-refractivity contribution in [2.75, 3.05) is 13.7 Å². The van der Waals surface area contributed by atoms with E-state index in [-0.39, 0.29) is 11.5 Å². The van der Waals surface area contributed by atoms with Crippen LogP contribution in [0.2, 0.25) is 0 Å². The van der Waals surface area contributed by atoms with Gasteiger partial charge in [-0.15, -0.1) is 0 Å². The fraction of sp³-hybridized carbons (Fsp3) is 0.923. The summed E-state index contributed by atoms with van der Waals surface area (Å²) in [5.74, 6) is -0.789. The third-order valence-electron chi connectivity index (χ3n) is 4.43. The maximum atomic E-state index is 11.0. The molecule has 0 saturated heterocycles. The van der Waals surface area contributed by atoms with Gasteiger partial charge in [0, 0.05) is 19.7 Å². The number of carbonyl (C=O) groups is 1. The van der Waals surface area contributed by atoms with E-state index >= 15 is 0 Å². The van der Waals surface area contributed by atoms with Gasteiger partial charge in [-0.25, -0.2) is 0 Å². The Hall–Kier alpha value is -0.610. The van der Waals surface area contributed by atoms with Crippen molar-refractivity contribution in [2.45, 2.75) is 56.6 Å². The maximum absolute atomic E-state index is 11.0. The number of ether oxygens (including phenoxy) is 1. The van der Waals surface area contributed by atoms with Gasteiger partial charge in [0.1, 0.15) is 0 Å². The number of methoxy groups -OCH3 is 1. The molecular formula is C13H23NO3. The second-order valence-electron chi connectivity index (χ2n) is 5.52. The molecule has 0 spiro atoms. The molecule has 2 atom stereocenters. The molecule has 2 aliphatic carbocycles. The third-order valence-corrected chi connectivity index (χ3v) is 4.43. The smallest absolute Gasteiger partial charge is 0.306 e. The van der Waals surface area contributed by atoms with Gasteiger partial charge >= 0.3 is 5.97 Å². The molecule has 0 amide bonds.